The van der Waals surface area contributed by atoms with Crippen LogP contribution in [0.25, 0.3) is 0 Å². The SMILES string of the molecule is CC(=O)c1ccc(S(=O)(=O)NC[C@@](O)(c2ccccc2)C2CC2)cc1. The van der Waals surface area contributed by atoms with Crippen LogP contribution in [-0.2, 0) is 15.6 Å². The van der Waals surface area contributed by atoms with Crippen molar-refractivity contribution in [2.75, 3.05) is 6.54 Å². The third-order valence-corrected chi connectivity index (χ3v) is 6.05. The van der Waals surface area contributed by atoms with E-state index in [2.05, 4.69) is 4.72 Å². The summed E-state index contributed by atoms with van der Waals surface area (Å²) in [4.78, 5) is 11.4. The van der Waals surface area contributed by atoms with Gasteiger partial charge in [0.2, 0.25) is 10.0 Å². The number of benzene rings is 2. The Kier molecular flexibility index (Phi) is 4.77. The summed E-state index contributed by atoms with van der Waals surface area (Å²) in [5, 5.41) is 11.1. The zero-order valence-electron chi connectivity index (χ0n) is 14.0. The molecule has 2 aromatic rings. The molecule has 0 unspecified atom stereocenters. The molecule has 0 spiro atoms. The van der Waals surface area contributed by atoms with E-state index in [9.17, 15) is 18.3 Å². The summed E-state index contributed by atoms with van der Waals surface area (Å²) < 4.78 is 27.6. The van der Waals surface area contributed by atoms with Crippen LogP contribution in [0.2, 0.25) is 0 Å². The lowest BCUT2D eigenvalue weighted by Gasteiger charge is -2.29. The smallest absolute Gasteiger partial charge is 0.240 e. The maximum absolute atomic E-state index is 12.5. The Morgan fingerprint density at radius 2 is 1.72 bits per heavy atom. The number of sulfonamides is 1. The summed E-state index contributed by atoms with van der Waals surface area (Å²) in [6, 6.07) is 14.9. The number of Topliss-reactive ketones (excluding diaryl/α,β-unsaturated/α-hetero) is 1. The second-order valence-electron chi connectivity index (χ2n) is 6.47. The number of rotatable bonds is 7. The van der Waals surface area contributed by atoms with E-state index in [1.165, 1.54) is 31.2 Å². The van der Waals surface area contributed by atoms with Crippen molar-refractivity contribution >= 4 is 15.8 Å². The molecule has 1 fully saturated rings. The van der Waals surface area contributed by atoms with Crippen LogP contribution in [-0.4, -0.2) is 25.9 Å². The van der Waals surface area contributed by atoms with E-state index in [-0.39, 0.29) is 23.1 Å². The molecule has 2 N–H and O–H groups in total. The van der Waals surface area contributed by atoms with Gasteiger partial charge in [0.05, 0.1) is 4.90 Å². The molecule has 132 valence electrons. The topological polar surface area (TPSA) is 83.5 Å². The standard InChI is InChI=1S/C19H21NO4S/c1-14(21)15-7-11-18(12-8-15)25(23,24)20-13-19(22,17-9-10-17)16-5-3-2-4-6-16/h2-8,11-12,17,20,22H,9-10,13H2,1H3/t19-/m1/s1. The summed E-state index contributed by atoms with van der Waals surface area (Å²) in [7, 11) is -3.77. The van der Waals surface area contributed by atoms with E-state index >= 15 is 0 Å². The molecule has 0 aliphatic heterocycles. The fourth-order valence-corrected chi connectivity index (χ4v) is 4.00. The Morgan fingerprint density at radius 3 is 2.24 bits per heavy atom. The van der Waals surface area contributed by atoms with Crippen LogP contribution >= 0.6 is 0 Å². The van der Waals surface area contributed by atoms with Gasteiger partial charge in [0, 0.05) is 12.1 Å². The zero-order chi connectivity index (χ0) is 18.1. The quantitative estimate of drug-likeness (QED) is 0.744. The van der Waals surface area contributed by atoms with Gasteiger partial charge in [-0.15, -0.1) is 0 Å². The minimum absolute atomic E-state index is 0.0534. The first-order chi connectivity index (χ1) is 11.8. The average molecular weight is 359 g/mol. The highest BCUT2D eigenvalue weighted by atomic mass is 32.2. The van der Waals surface area contributed by atoms with Crippen molar-refractivity contribution in [2.45, 2.75) is 30.3 Å². The molecule has 3 rings (SSSR count). The Labute approximate surface area is 147 Å². The maximum Gasteiger partial charge on any atom is 0.240 e. The largest absolute Gasteiger partial charge is 0.383 e. The van der Waals surface area contributed by atoms with Crippen LogP contribution in [0.4, 0.5) is 0 Å². The van der Waals surface area contributed by atoms with Crippen molar-refractivity contribution in [1.82, 2.24) is 4.72 Å². The van der Waals surface area contributed by atoms with E-state index in [1.807, 2.05) is 30.3 Å². The third-order valence-electron chi connectivity index (χ3n) is 4.63. The number of ketones is 1. The third kappa shape index (κ3) is 3.81. The van der Waals surface area contributed by atoms with Gasteiger partial charge in [-0.3, -0.25) is 4.79 Å². The lowest BCUT2D eigenvalue weighted by Crippen LogP contribution is -2.42. The minimum Gasteiger partial charge on any atom is -0.383 e. The van der Waals surface area contributed by atoms with E-state index in [0.717, 1.165) is 12.8 Å². The molecule has 6 heteroatoms. The molecule has 0 heterocycles. The molecule has 1 aliphatic carbocycles. The van der Waals surface area contributed by atoms with Crippen molar-refractivity contribution in [2.24, 2.45) is 5.92 Å². The number of hydrogen-bond acceptors (Lipinski definition) is 4. The molecule has 0 aromatic heterocycles. The molecular formula is C19H21NO4S. The van der Waals surface area contributed by atoms with Gasteiger partial charge in [0.25, 0.3) is 0 Å². The molecular weight excluding hydrogens is 338 g/mol. The van der Waals surface area contributed by atoms with Gasteiger partial charge in [-0.05, 0) is 43.4 Å². The first-order valence-electron chi connectivity index (χ1n) is 8.21. The second-order valence-corrected chi connectivity index (χ2v) is 8.24. The fourth-order valence-electron chi connectivity index (χ4n) is 2.93. The molecule has 0 saturated heterocycles. The molecule has 1 saturated carbocycles. The molecule has 25 heavy (non-hydrogen) atoms. The number of carbonyl (C=O) groups is 1. The van der Waals surface area contributed by atoms with Gasteiger partial charge in [-0.1, -0.05) is 42.5 Å². The molecule has 0 amide bonds. The molecule has 1 aliphatic rings. The monoisotopic (exact) mass is 359 g/mol. The number of nitrogens with one attached hydrogen (secondary N) is 1. The molecule has 1 atom stereocenters. The zero-order valence-corrected chi connectivity index (χ0v) is 14.8. The summed E-state index contributed by atoms with van der Waals surface area (Å²) in [5.41, 5.74) is -0.0435. The first-order valence-corrected chi connectivity index (χ1v) is 9.70. The van der Waals surface area contributed by atoms with Crippen molar-refractivity contribution in [3.63, 3.8) is 0 Å². The lowest BCUT2D eigenvalue weighted by molar-refractivity contribution is 0.0185. The second kappa shape index (κ2) is 6.71. The summed E-state index contributed by atoms with van der Waals surface area (Å²) >= 11 is 0. The maximum atomic E-state index is 12.5. The summed E-state index contributed by atoms with van der Waals surface area (Å²) in [6.07, 6.45) is 1.75. The molecule has 5 nitrogen and oxygen atoms in total. The van der Waals surface area contributed by atoms with Gasteiger partial charge in [-0.25, -0.2) is 13.1 Å². The average Bonchev–Trinajstić information content (AvgIpc) is 3.46. The number of aliphatic hydroxyl groups is 1. The van der Waals surface area contributed by atoms with E-state index < -0.39 is 15.6 Å². The Morgan fingerprint density at radius 1 is 1.12 bits per heavy atom. The van der Waals surface area contributed by atoms with E-state index in [1.54, 1.807) is 0 Å². The van der Waals surface area contributed by atoms with Crippen molar-refractivity contribution in [3.05, 3.63) is 65.7 Å². The van der Waals surface area contributed by atoms with Crippen LogP contribution in [0.1, 0.15) is 35.7 Å². The van der Waals surface area contributed by atoms with Gasteiger partial charge in [0.15, 0.2) is 5.78 Å². The molecule has 0 radical (unpaired) electrons. The Hall–Kier alpha value is -2.02. The predicted molar refractivity (Wildman–Crippen MR) is 94.7 cm³/mol. The summed E-state index contributed by atoms with van der Waals surface area (Å²) in [5.74, 6) is -0.0678. The fraction of sp³-hybridized carbons (Fsp3) is 0.316. The molecule has 2 aromatic carbocycles. The van der Waals surface area contributed by atoms with Crippen LogP contribution in [0.5, 0.6) is 0 Å². The number of carbonyl (C=O) groups excluding carboxylic acids is 1. The predicted octanol–water partition coefficient (Wildman–Crippen LogP) is 2.47. The molecule has 0 bridgehead atoms. The van der Waals surface area contributed by atoms with Crippen LogP contribution in [0.3, 0.4) is 0 Å². The van der Waals surface area contributed by atoms with E-state index in [4.69, 9.17) is 0 Å². The summed E-state index contributed by atoms with van der Waals surface area (Å²) in [6.45, 7) is 1.34. The van der Waals surface area contributed by atoms with Gasteiger partial charge in [0.1, 0.15) is 5.60 Å². The lowest BCUT2D eigenvalue weighted by atomic mass is 9.89. The van der Waals surface area contributed by atoms with Crippen LogP contribution in [0.15, 0.2) is 59.5 Å². The van der Waals surface area contributed by atoms with E-state index in [0.29, 0.717) is 11.1 Å². The highest BCUT2D eigenvalue weighted by molar-refractivity contribution is 7.89. The highest BCUT2D eigenvalue weighted by Gasteiger charge is 2.45. The van der Waals surface area contributed by atoms with Gasteiger partial charge in [-0.2, -0.15) is 0 Å². The van der Waals surface area contributed by atoms with Gasteiger partial charge >= 0.3 is 0 Å². The van der Waals surface area contributed by atoms with Crippen LogP contribution in [0, 0.1) is 5.92 Å². The number of hydrogen-bond donors (Lipinski definition) is 2. The minimum atomic E-state index is -3.77. The van der Waals surface area contributed by atoms with Crippen molar-refractivity contribution in [1.29, 1.82) is 0 Å². The van der Waals surface area contributed by atoms with Gasteiger partial charge < -0.3 is 5.11 Å². The Bertz CT molecular complexity index is 858. The van der Waals surface area contributed by atoms with Crippen molar-refractivity contribution in [3.8, 4) is 0 Å². The van der Waals surface area contributed by atoms with Crippen LogP contribution < -0.4 is 4.72 Å². The van der Waals surface area contributed by atoms with Crippen molar-refractivity contribution < 1.29 is 18.3 Å². The highest BCUT2D eigenvalue weighted by Crippen LogP contribution is 2.45. The Balaban J connectivity index is 1.79. The first kappa shape index (κ1) is 17.8. The normalized spacial score (nSPS) is 17.0.